The lowest BCUT2D eigenvalue weighted by molar-refractivity contribution is -0.270. The number of amides is 1. The van der Waals surface area contributed by atoms with E-state index in [1.54, 1.807) is 6.92 Å². The Kier molecular flexibility index (Phi) is 6.82. The molecule has 21 heavy (non-hydrogen) atoms. The topological polar surface area (TPSA) is 157 Å². The minimum atomic E-state index is -1.36. The van der Waals surface area contributed by atoms with Crippen molar-refractivity contribution in [3.8, 4) is 0 Å². The van der Waals surface area contributed by atoms with Crippen molar-refractivity contribution in [2.24, 2.45) is 5.11 Å². The molecule has 0 aromatic heterocycles. The summed E-state index contributed by atoms with van der Waals surface area (Å²) in [5, 5.41) is 34.8. The second kappa shape index (κ2) is 8.13. The summed E-state index contributed by atoms with van der Waals surface area (Å²) in [5.41, 5.74) is 8.31. The van der Waals surface area contributed by atoms with Crippen LogP contribution in [-0.2, 0) is 14.3 Å². The lowest BCUT2D eigenvalue weighted by Crippen LogP contribution is -2.64. The first-order chi connectivity index (χ1) is 9.90. The number of carbonyl (C=O) groups excluding carboxylic acids is 1. The maximum Gasteiger partial charge on any atom is 0.217 e. The molecule has 0 aliphatic carbocycles. The van der Waals surface area contributed by atoms with Crippen LogP contribution in [0.25, 0.3) is 10.4 Å². The van der Waals surface area contributed by atoms with Crippen LogP contribution in [0.15, 0.2) is 5.11 Å². The Morgan fingerprint density at radius 2 is 2.19 bits per heavy atom. The van der Waals surface area contributed by atoms with Crippen molar-refractivity contribution in [2.45, 2.75) is 50.5 Å². The fourth-order valence-corrected chi connectivity index (χ4v) is 1.97. The van der Waals surface area contributed by atoms with E-state index in [9.17, 15) is 15.0 Å². The van der Waals surface area contributed by atoms with Gasteiger partial charge in [-0.05, 0) is 5.53 Å². The highest BCUT2D eigenvalue weighted by atomic mass is 16.7. The molecule has 0 spiro atoms. The summed E-state index contributed by atoms with van der Waals surface area (Å²) >= 11 is 0. The lowest BCUT2D eigenvalue weighted by Gasteiger charge is -2.42. The van der Waals surface area contributed by atoms with Crippen LogP contribution < -0.4 is 5.32 Å². The van der Waals surface area contributed by atoms with Crippen LogP contribution in [0.5, 0.6) is 0 Å². The zero-order valence-corrected chi connectivity index (χ0v) is 11.8. The number of aliphatic hydroxyl groups excluding tert-OH is 3. The number of hydrogen-bond acceptors (Lipinski definition) is 7. The van der Waals surface area contributed by atoms with Gasteiger partial charge in [0.05, 0.1) is 19.3 Å². The number of hydrogen-bond donors (Lipinski definition) is 4. The van der Waals surface area contributed by atoms with Gasteiger partial charge in [-0.15, -0.1) is 0 Å². The van der Waals surface area contributed by atoms with Crippen LogP contribution in [0.1, 0.15) is 13.8 Å². The molecule has 0 aromatic carbocycles. The van der Waals surface area contributed by atoms with Gasteiger partial charge < -0.3 is 30.1 Å². The van der Waals surface area contributed by atoms with Gasteiger partial charge in [-0.3, -0.25) is 4.79 Å². The molecular formula is C11H20N4O6. The van der Waals surface area contributed by atoms with Crippen LogP contribution in [0, 0.1) is 0 Å². The maximum atomic E-state index is 11.2. The van der Waals surface area contributed by atoms with Gasteiger partial charge in [-0.2, -0.15) is 0 Å². The number of aliphatic hydroxyl groups is 3. The predicted octanol–water partition coefficient (Wildman–Crippen LogP) is -1.35. The standard InChI is InChI=1S/C11H20N4O6/c1-5(14-15-12)4-20-11-8(13-6(2)17)10(19)9(18)7(3-16)21-11/h5,7-11,16,18-19H,3-4H2,1-2H3,(H,13,17)/t5?,7?,8?,9-,10-,11-/m1/s1. The van der Waals surface area contributed by atoms with E-state index in [4.69, 9.17) is 20.1 Å². The fourth-order valence-electron chi connectivity index (χ4n) is 1.97. The van der Waals surface area contributed by atoms with Gasteiger partial charge in [-0.25, -0.2) is 0 Å². The second-order valence-electron chi connectivity index (χ2n) is 4.82. The second-order valence-corrected chi connectivity index (χ2v) is 4.82. The van der Waals surface area contributed by atoms with Gasteiger partial charge in [0.25, 0.3) is 0 Å². The molecule has 6 atom stereocenters. The Morgan fingerprint density at radius 1 is 1.52 bits per heavy atom. The van der Waals surface area contributed by atoms with E-state index in [0.29, 0.717) is 0 Å². The molecule has 0 bridgehead atoms. The molecule has 1 amide bonds. The zero-order chi connectivity index (χ0) is 16.0. The highest BCUT2D eigenvalue weighted by Crippen LogP contribution is 2.22. The number of carbonyl (C=O) groups is 1. The molecule has 10 nitrogen and oxygen atoms in total. The number of azide groups is 1. The summed E-state index contributed by atoms with van der Waals surface area (Å²) in [4.78, 5) is 13.8. The molecule has 0 aromatic rings. The largest absolute Gasteiger partial charge is 0.394 e. The minimum absolute atomic E-state index is 0.00816. The van der Waals surface area contributed by atoms with Gasteiger partial charge in [0, 0.05) is 11.8 Å². The smallest absolute Gasteiger partial charge is 0.217 e. The fraction of sp³-hybridized carbons (Fsp3) is 0.909. The van der Waals surface area contributed by atoms with E-state index in [1.807, 2.05) is 0 Å². The number of nitrogens with zero attached hydrogens (tertiary/aromatic N) is 3. The molecule has 1 aliphatic heterocycles. The van der Waals surface area contributed by atoms with Crippen LogP contribution in [0.4, 0.5) is 0 Å². The average Bonchev–Trinajstić information content (AvgIpc) is 2.43. The third-order valence-electron chi connectivity index (χ3n) is 3.00. The third-order valence-corrected chi connectivity index (χ3v) is 3.00. The van der Waals surface area contributed by atoms with Gasteiger partial charge >= 0.3 is 0 Å². The van der Waals surface area contributed by atoms with E-state index < -0.39 is 49.2 Å². The Hall–Kier alpha value is -1.42. The lowest BCUT2D eigenvalue weighted by atomic mass is 9.97. The summed E-state index contributed by atoms with van der Waals surface area (Å²) in [6.07, 6.45) is -4.84. The Balaban J connectivity index is 2.78. The molecule has 1 aliphatic rings. The molecule has 0 saturated carbocycles. The van der Waals surface area contributed by atoms with E-state index in [2.05, 4.69) is 15.3 Å². The van der Waals surface area contributed by atoms with Crippen molar-refractivity contribution in [3.05, 3.63) is 10.4 Å². The predicted molar refractivity (Wildman–Crippen MR) is 69.9 cm³/mol. The molecule has 3 unspecified atom stereocenters. The molecule has 1 fully saturated rings. The molecule has 120 valence electrons. The average molecular weight is 304 g/mol. The quantitative estimate of drug-likeness (QED) is 0.270. The zero-order valence-electron chi connectivity index (χ0n) is 11.8. The first kappa shape index (κ1) is 17.6. The van der Waals surface area contributed by atoms with E-state index >= 15 is 0 Å². The first-order valence-corrected chi connectivity index (χ1v) is 6.46. The minimum Gasteiger partial charge on any atom is -0.394 e. The van der Waals surface area contributed by atoms with Crippen molar-refractivity contribution in [2.75, 3.05) is 13.2 Å². The first-order valence-electron chi connectivity index (χ1n) is 6.46. The number of ether oxygens (including phenoxy) is 2. The van der Waals surface area contributed by atoms with Crippen molar-refractivity contribution in [3.63, 3.8) is 0 Å². The van der Waals surface area contributed by atoms with Gasteiger partial charge in [0.15, 0.2) is 6.29 Å². The summed E-state index contributed by atoms with van der Waals surface area (Å²) in [6, 6.07) is -1.48. The molecule has 1 heterocycles. The SMILES string of the molecule is CC(=O)NC1[C@H](OCC(C)N=[N+]=[N-])OC(CO)[C@@H](O)[C@@H]1O. The van der Waals surface area contributed by atoms with E-state index in [-0.39, 0.29) is 6.61 Å². The highest BCUT2D eigenvalue weighted by molar-refractivity contribution is 5.73. The summed E-state index contributed by atoms with van der Waals surface area (Å²) in [5.74, 6) is -0.436. The molecule has 0 radical (unpaired) electrons. The molecule has 1 rings (SSSR count). The number of nitrogens with one attached hydrogen (secondary N) is 1. The third kappa shape index (κ3) is 4.81. The van der Waals surface area contributed by atoms with E-state index in [0.717, 1.165) is 0 Å². The monoisotopic (exact) mass is 304 g/mol. The van der Waals surface area contributed by atoms with Gasteiger partial charge in [0.2, 0.25) is 5.91 Å². The van der Waals surface area contributed by atoms with Crippen molar-refractivity contribution >= 4 is 5.91 Å². The van der Waals surface area contributed by atoms with Crippen molar-refractivity contribution < 1.29 is 29.6 Å². The van der Waals surface area contributed by atoms with Crippen LogP contribution in [0.3, 0.4) is 0 Å². The Bertz CT molecular complexity index is 402. The molecule has 1 saturated heterocycles. The van der Waals surface area contributed by atoms with Crippen LogP contribution in [0.2, 0.25) is 0 Å². The van der Waals surface area contributed by atoms with Gasteiger partial charge in [0.1, 0.15) is 24.4 Å². The number of rotatable bonds is 6. The molecule has 10 heteroatoms. The Morgan fingerprint density at radius 3 is 2.71 bits per heavy atom. The highest BCUT2D eigenvalue weighted by Gasteiger charge is 2.45. The van der Waals surface area contributed by atoms with Crippen LogP contribution in [-0.4, -0.2) is 71.1 Å². The van der Waals surface area contributed by atoms with E-state index in [1.165, 1.54) is 6.92 Å². The van der Waals surface area contributed by atoms with Crippen molar-refractivity contribution in [1.29, 1.82) is 0 Å². The maximum absolute atomic E-state index is 11.2. The van der Waals surface area contributed by atoms with Crippen molar-refractivity contribution in [1.82, 2.24) is 5.32 Å². The Labute approximate surface area is 121 Å². The van der Waals surface area contributed by atoms with Gasteiger partial charge in [-0.1, -0.05) is 12.0 Å². The summed E-state index contributed by atoms with van der Waals surface area (Å²) < 4.78 is 10.7. The molecule has 4 N–H and O–H groups in total. The normalized spacial score (nSPS) is 33.9. The summed E-state index contributed by atoms with van der Waals surface area (Å²) in [7, 11) is 0. The van der Waals surface area contributed by atoms with Crippen LogP contribution >= 0.6 is 0 Å². The summed E-state index contributed by atoms with van der Waals surface area (Å²) in [6.45, 7) is 2.34. The molecular weight excluding hydrogens is 284 g/mol.